The monoisotopic (exact) mass is 550 g/mol. The zero-order chi connectivity index (χ0) is 24.9. The van der Waals surface area contributed by atoms with Gasteiger partial charge in [0.1, 0.15) is 6.04 Å². The van der Waals surface area contributed by atoms with Gasteiger partial charge in [-0.15, -0.1) is 0 Å². The fourth-order valence-corrected chi connectivity index (χ4v) is 4.27. The molecule has 4 rings (SSSR count). The molecule has 1 unspecified atom stereocenters. The second-order valence-corrected chi connectivity index (χ2v) is 8.83. The first-order chi connectivity index (χ1) is 16.8. The number of nitrogens with zero attached hydrogens (tertiary/aromatic N) is 3. The maximum absolute atomic E-state index is 13.6. The van der Waals surface area contributed by atoms with Gasteiger partial charge in [-0.3, -0.25) is 14.9 Å². The minimum Gasteiger partial charge on any atom is -0.351 e. The van der Waals surface area contributed by atoms with Gasteiger partial charge < -0.3 is 5.73 Å². The van der Waals surface area contributed by atoms with Crippen LogP contribution in [-0.2, 0) is 4.79 Å². The lowest BCUT2D eigenvalue weighted by atomic mass is 10.0. The van der Waals surface area contributed by atoms with Gasteiger partial charge in [-0.05, 0) is 60.2 Å². The van der Waals surface area contributed by atoms with Crippen LogP contribution in [0.2, 0.25) is 5.02 Å². The Morgan fingerprint density at radius 3 is 2.31 bits per heavy atom. The zero-order valence-corrected chi connectivity index (χ0v) is 20.6. The molecule has 0 saturated carbocycles. The SMILES string of the molecule is NC(=O)N(c1ccc(Cl)cc1)C(C(=O)N=C1C=CC(=C2C=CC=CN2O)C=C1)c1ccccc1Br. The van der Waals surface area contributed by atoms with Crippen LogP contribution in [0.3, 0.4) is 0 Å². The minimum atomic E-state index is -1.13. The van der Waals surface area contributed by atoms with Gasteiger partial charge in [-0.1, -0.05) is 64.0 Å². The normalized spacial score (nSPS) is 15.4. The molecule has 0 aromatic heterocycles. The molecule has 2 aromatic carbocycles. The minimum absolute atomic E-state index is 0.386. The summed E-state index contributed by atoms with van der Waals surface area (Å²) in [5.41, 5.74) is 8.38. The van der Waals surface area contributed by atoms with Crippen molar-refractivity contribution in [3.8, 4) is 0 Å². The molecule has 0 radical (unpaired) electrons. The van der Waals surface area contributed by atoms with Crippen LogP contribution in [-0.4, -0.2) is 27.9 Å². The summed E-state index contributed by atoms with van der Waals surface area (Å²) in [5.74, 6) is -0.588. The molecular formula is C26H20BrClN4O3. The smallest absolute Gasteiger partial charge is 0.320 e. The van der Waals surface area contributed by atoms with Crippen molar-refractivity contribution >= 4 is 50.9 Å². The van der Waals surface area contributed by atoms with Gasteiger partial charge >= 0.3 is 6.03 Å². The van der Waals surface area contributed by atoms with Crippen molar-refractivity contribution in [2.45, 2.75) is 6.04 Å². The third-order valence-corrected chi connectivity index (χ3v) is 6.25. The second-order valence-electron chi connectivity index (χ2n) is 7.54. The maximum atomic E-state index is 13.6. The summed E-state index contributed by atoms with van der Waals surface area (Å²) in [4.78, 5) is 31.6. The fourth-order valence-electron chi connectivity index (χ4n) is 3.64. The number of halogens is 2. The quantitative estimate of drug-likeness (QED) is 0.498. The van der Waals surface area contributed by atoms with Crippen LogP contribution >= 0.6 is 27.5 Å². The Kier molecular flexibility index (Phi) is 7.45. The van der Waals surface area contributed by atoms with Crippen molar-refractivity contribution in [2.75, 3.05) is 4.90 Å². The molecule has 1 atom stereocenters. The summed E-state index contributed by atoms with van der Waals surface area (Å²) in [6.07, 6.45) is 13.6. The molecule has 7 nitrogen and oxygen atoms in total. The van der Waals surface area contributed by atoms with Crippen molar-refractivity contribution < 1.29 is 14.8 Å². The summed E-state index contributed by atoms with van der Waals surface area (Å²) >= 11 is 9.48. The summed E-state index contributed by atoms with van der Waals surface area (Å²) in [5, 5.41) is 11.5. The van der Waals surface area contributed by atoms with E-state index in [1.807, 2.05) is 0 Å². The Balaban J connectivity index is 1.72. The number of hydrogen-bond acceptors (Lipinski definition) is 4. The predicted octanol–water partition coefficient (Wildman–Crippen LogP) is 5.85. The molecule has 1 aliphatic carbocycles. The molecule has 1 aliphatic heterocycles. The van der Waals surface area contributed by atoms with Crippen LogP contribution in [0, 0.1) is 0 Å². The number of amides is 3. The highest BCUT2D eigenvalue weighted by Gasteiger charge is 2.33. The lowest BCUT2D eigenvalue weighted by Crippen LogP contribution is -2.42. The van der Waals surface area contributed by atoms with E-state index in [9.17, 15) is 14.8 Å². The Bertz CT molecular complexity index is 1320. The highest BCUT2D eigenvalue weighted by molar-refractivity contribution is 9.10. The molecule has 9 heteroatoms. The number of urea groups is 1. The first-order valence-corrected chi connectivity index (χ1v) is 11.7. The number of hydrogen-bond donors (Lipinski definition) is 2. The summed E-state index contributed by atoms with van der Waals surface area (Å²) in [6, 6.07) is 11.6. The van der Waals surface area contributed by atoms with Gasteiger partial charge in [0, 0.05) is 27.0 Å². The van der Waals surface area contributed by atoms with E-state index in [4.69, 9.17) is 17.3 Å². The average molecular weight is 552 g/mol. The van der Waals surface area contributed by atoms with Crippen LogP contribution in [0.5, 0.6) is 0 Å². The number of allylic oxidation sites excluding steroid dienone is 8. The molecule has 1 heterocycles. The van der Waals surface area contributed by atoms with Gasteiger partial charge in [-0.2, -0.15) is 0 Å². The molecule has 3 amide bonds. The third-order valence-electron chi connectivity index (χ3n) is 5.28. The van der Waals surface area contributed by atoms with Crippen molar-refractivity contribution in [2.24, 2.45) is 10.7 Å². The number of anilines is 1. The van der Waals surface area contributed by atoms with Gasteiger partial charge in [0.2, 0.25) is 0 Å². The Morgan fingerprint density at radius 1 is 1.00 bits per heavy atom. The lowest BCUT2D eigenvalue weighted by molar-refractivity contribution is -0.119. The highest BCUT2D eigenvalue weighted by Crippen LogP contribution is 2.33. The van der Waals surface area contributed by atoms with Gasteiger partial charge in [-0.25, -0.2) is 14.9 Å². The highest BCUT2D eigenvalue weighted by atomic mass is 79.9. The Hall–Kier alpha value is -3.72. The number of carbonyl (C=O) groups is 2. The van der Waals surface area contributed by atoms with E-state index in [-0.39, 0.29) is 0 Å². The second kappa shape index (κ2) is 10.7. The standard InChI is InChI=1S/C26H20BrClN4O3/c27-22-6-2-1-5-21(22)24(32(26(29)34)20-14-10-18(28)11-15-20)25(33)30-19-12-8-17(9-13-19)23-7-3-4-16-31(23)35/h1-16,24,35H,(H2,29,34). The van der Waals surface area contributed by atoms with E-state index in [0.717, 1.165) is 10.6 Å². The molecule has 35 heavy (non-hydrogen) atoms. The van der Waals surface area contributed by atoms with Gasteiger partial charge in [0.25, 0.3) is 5.91 Å². The first kappa shape index (κ1) is 24.4. The number of primary amides is 1. The summed E-state index contributed by atoms with van der Waals surface area (Å²) < 4.78 is 0.626. The predicted molar refractivity (Wildman–Crippen MR) is 140 cm³/mol. The van der Waals surface area contributed by atoms with Crippen LogP contribution in [0.15, 0.2) is 118 Å². The van der Waals surface area contributed by atoms with E-state index in [2.05, 4.69) is 20.9 Å². The van der Waals surface area contributed by atoms with E-state index in [0.29, 0.717) is 32.2 Å². The topological polar surface area (TPSA) is 99.2 Å². The molecule has 3 N–H and O–H groups in total. The van der Waals surface area contributed by atoms with Crippen LogP contribution < -0.4 is 10.6 Å². The van der Waals surface area contributed by atoms with E-state index in [1.54, 1.807) is 91.1 Å². The van der Waals surface area contributed by atoms with Crippen molar-refractivity contribution in [3.63, 3.8) is 0 Å². The van der Waals surface area contributed by atoms with E-state index >= 15 is 0 Å². The number of carbonyl (C=O) groups excluding carboxylic acids is 2. The molecular weight excluding hydrogens is 532 g/mol. The van der Waals surface area contributed by atoms with Crippen molar-refractivity contribution in [1.82, 2.24) is 5.06 Å². The fraction of sp³-hybridized carbons (Fsp3) is 0.0385. The largest absolute Gasteiger partial charge is 0.351 e. The maximum Gasteiger partial charge on any atom is 0.320 e. The van der Waals surface area contributed by atoms with E-state index < -0.39 is 18.0 Å². The zero-order valence-electron chi connectivity index (χ0n) is 18.3. The molecule has 0 bridgehead atoms. The van der Waals surface area contributed by atoms with E-state index in [1.165, 1.54) is 11.1 Å². The molecule has 0 saturated heterocycles. The Morgan fingerprint density at radius 2 is 1.69 bits per heavy atom. The first-order valence-electron chi connectivity index (χ1n) is 10.5. The van der Waals surface area contributed by atoms with Gasteiger partial charge in [0.05, 0.1) is 11.4 Å². The molecule has 2 aromatic rings. The number of aliphatic imine (C=N–C) groups is 1. The lowest BCUT2D eigenvalue weighted by Gasteiger charge is -2.29. The third kappa shape index (κ3) is 5.51. The van der Waals surface area contributed by atoms with Crippen LogP contribution in [0.1, 0.15) is 11.6 Å². The van der Waals surface area contributed by atoms with Crippen LogP contribution in [0.25, 0.3) is 0 Å². The summed E-state index contributed by atoms with van der Waals surface area (Å²) in [6.45, 7) is 0. The van der Waals surface area contributed by atoms with Crippen molar-refractivity contribution in [1.29, 1.82) is 0 Å². The number of hydroxylamine groups is 2. The molecule has 0 spiro atoms. The summed E-state index contributed by atoms with van der Waals surface area (Å²) in [7, 11) is 0. The molecule has 176 valence electrons. The van der Waals surface area contributed by atoms with Crippen LogP contribution in [0.4, 0.5) is 10.5 Å². The number of rotatable bonds is 4. The van der Waals surface area contributed by atoms with Gasteiger partial charge in [0.15, 0.2) is 0 Å². The Labute approximate surface area is 215 Å². The molecule has 0 fully saturated rings. The number of benzene rings is 2. The molecule has 2 aliphatic rings. The number of nitrogens with two attached hydrogens (primary N) is 1. The average Bonchev–Trinajstić information content (AvgIpc) is 2.84. The van der Waals surface area contributed by atoms with Crippen molar-refractivity contribution in [3.05, 3.63) is 124 Å².